The Labute approximate surface area is 128 Å². The van der Waals surface area contributed by atoms with Gasteiger partial charge in [0.1, 0.15) is 13.2 Å². The second kappa shape index (κ2) is 5.62. The fourth-order valence-corrected chi connectivity index (χ4v) is 2.97. The van der Waals surface area contributed by atoms with Crippen molar-refractivity contribution in [1.82, 2.24) is 14.7 Å². The van der Waals surface area contributed by atoms with Gasteiger partial charge in [-0.25, -0.2) is 0 Å². The summed E-state index contributed by atoms with van der Waals surface area (Å²) in [6.07, 6.45) is 3.26. The van der Waals surface area contributed by atoms with Gasteiger partial charge in [0.15, 0.2) is 11.5 Å². The average Bonchev–Trinajstić information content (AvgIpc) is 3.03. The van der Waals surface area contributed by atoms with Crippen molar-refractivity contribution >= 4 is 0 Å². The third-order valence-electron chi connectivity index (χ3n) is 4.22. The molecule has 0 aliphatic carbocycles. The number of rotatable bonds is 4. The number of fused-ring (bicyclic) bond motifs is 1. The van der Waals surface area contributed by atoms with Gasteiger partial charge in [0, 0.05) is 32.0 Å². The second-order valence-electron chi connectivity index (χ2n) is 5.78. The highest BCUT2D eigenvalue weighted by molar-refractivity contribution is 5.44. The first-order valence-corrected chi connectivity index (χ1v) is 7.59. The normalized spacial score (nSPS) is 19.7. The summed E-state index contributed by atoms with van der Waals surface area (Å²) in [6, 6.07) is 8.01. The molecule has 1 aromatic heterocycles. The highest BCUT2D eigenvalue weighted by Gasteiger charge is 2.30. The zero-order valence-corrected chi connectivity index (χ0v) is 12.3. The number of ether oxygens (including phenoxy) is 2. The Kier molecular flexibility index (Phi) is 3.48. The summed E-state index contributed by atoms with van der Waals surface area (Å²) in [7, 11) is 0. The Morgan fingerprint density at radius 2 is 2.05 bits per heavy atom. The smallest absolute Gasteiger partial charge is 0.161 e. The zero-order valence-electron chi connectivity index (χ0n) is 12.3. The lowest BCUT2D eigenvalue weighted by atomic mass is 10.0. The molecule has 0 radical (unpaired) electrons. The molecule has 0 amide bonds. The SMILES string of the molecule is O[C@H](CN1CC(n2cccn2)C1)c1ccc2c(c1)OCCO2. The fourth-order valence-electron chi connectivity index (χ4n) is 2.97. The lowest BCUT2D eigenvalue weighted by molar-refractivity contribution is 0.0399. The number of aromatic nitrogens is 2. The van der Waals surface area contributed by atoms with Gasteiger partial charge in [-0.2, -0.15) is 5.10 Å². The molecule has 2 aromatic rings. The molecule has 1 aromatic carbocycles. The molecule has 0 saturated carbocycles. The van der Waals surface area contributed by atoms with Gasteiger partial charge in [-0.3, -0.25) is 9.58 Å². The van der Waals surface area contributed by atoms with Crippen LogP contribution in [0.15, 0.2) is 36.7 Å². The molecule has 4 rings (SSSR count). The van der Waals surface area contributed by atoms with E-state index in [1.54, 1.807) is 6.20 Å². The maximum atomic E-state index is 10.4. The predicted molar refractivity (Wildman–Crippen MR) is 80.1 cm³/mol. The number of likely N-dealkylation sites (tertiary alicyclic amines) is 1. The maximum Gasteiger partial charge on any atom is 0.161 e. The van der Waals surface area contributed by atoms with Crippen molar-refractivity contribution in [3.8, 4) is 11.5 Å². The van der Waals surface area contributed by atoms with Crippen molar-refractivity contribution in [3.05, 3.63) is 42.2 Å². The Hall–Kier alpha value is -2.05. The van der Waals surface area contributed by atoms with Crippen molar-refractivity contribution in [1.29, 1.82) is 0 Å². The first-order valence-electron chi connectivity index (χ1n) is 7.59. The summed E-state index contributed by atoms with van der Waals surface area (Å²) >= 11 is 0. The van der Waals surface area contributed by atoms with Crippen LogP contribution in [0.5, 0.6) is 11.5 Å². The van der Waals surface area contributed by atoms with Gasteiger partial charge in [0.05, 0.1) is 12.1 Å². The van der Waals surface area contributed by atoms with E-state index >= 15 is 0 Å². The van der Waals surface area contributed by atoms with Crippen molar-refractivity contribution in [2.75, 3.05) is 32.8 Å². The summed E-state index contributed by atoms with van der Waals surface area (Å²) in [5, 5.41) is 14.7. The van der Waals surface area contributed by atoms with Gasteiger partial charge in [-0.05, 0) is 23.8 Å². The number of aliphatic hydroxyl groups excluding tert-OH is 1. The van der Waals surface area contributed by atoms with E-state index in [-0.39, 0.29) is 0 Å². The number of nitrogens with zero attached hydrogens (tertiary/aromatic N) is 3. The van der Waals surface area contributed by atoms with Crippen LogP contribution >= 0.6 is 0 Å². The standard InChI is InChI=1S/C16H19N3O3/c20-14(11-18-9-13(10-18)19-5-1-4-17-19)12-2-3-15-16(8-12)22-7-6-21-15/h1-5,8,13-14,20H,6-7,9-11H2/t14-/m1/s1. The van der Waals surface area contributed by atoms with E-state index in [1.807, 2.05) is 35.1 Å². The van der Waals surface area contributed by atoms with Crippen LogP contribution in [0.3, 0.4) is 0 Å². The highest BCUT2D eigenvalue weighted by atomic mass is 16.6. The van der Waals surface area contributed by atoms with Crippen LogP contribution in [-0.2, 0) is 0 Å². The largest absolute Gasteiger partial charge is 0.486 e. The first kappa shape index (κ1) is 13.6. The lowest BCUT2D eigenvalue weighted by Gasteiger charge is -2.40. The number of β-amino-alcohol motifs (C(OH)–C–C–N with tert-alkyl or cyclic N) is 1. The summed E-state index contributed by atoms with van der Waals surface area (Å²) < 4.78 is 13.0. The van der Waals surface area contributed by atoms with Crippen LogP contribution in [0.2, 0.25) is 0 Å². The van der Waals surface area contributed by atoms with Gasteiger partial charge in [-0.1, -0.05) is 6.07 Å². The van der Waals surface area contributed by atoms with E-state index in [1.165, 1.54) is 0 Å². The van der Waals surface area contributed by atoms with E-state index in [0.717, 1.165) is 30.2 Å². The number of hydrogen-bond acceptors (Lipinski definition) is 5. The van der Waals surface area contributed by atoms with Crippen molar-refractivity contribution in [3.63, 3.8) is 0 Å². The molecule has 2 aliphatic rings. The molecule has 6 nitrogen and oxygen atoms in total. The van der Waals surface area contributed by atoms with E-state index in [2.05, 4.69) is 10.00 Å². The third kappa shape index (κ3) is 2.55. The summed E-state index contributed by atoms with van der Waals surface area (Å²) in [6.45, 7) is 3.60. The molecular weight excluding hydrogens is 282 g/mol. The number of benzene rings is 1. The Morgan fingerprint density at radius 3 is 2.82 bits per heavy atom. The van der Waals surface area contributed by atoms with Gasteiger partial charge < -0.3 is 14.6 Å². The van der Waals surface area contributed by atoms with Gasteiger partial charge >= 0.3 is 0 Å². The van der Waals surface area contributed by atoms with Crippen molar-refractivity contribution in [2.24, 2.45) is 0 Å². The van der Waals surface area contributed by atoms with Crippen LogP contribution in [-0.4, -0.2) is 52.6 Å². The summed E-state index contributed by atoms with van der Waals surface area (Å²) in [4.78, 5) is 2.23. The van der Waals surface area contributed by atoms with Crippen LogP contribution < -0.4 is 9.47 Å². The van der Waals surface area contributed by atoms with Gasteiger partial charge in [-0.15, -0.1) is 0 Å². The lowest BCUT2D eigenvalue weighted by Crippen LogP contribution is -2.49. The molecule has 6 heteroatoms. The maximum absolute atomic E-state index is 10.4. The quantitative estimate of drug-likeness (QED) is 0.921. The Balaban J connectivity index is 1.36. The predicted octanol–water partition coefficient (Wildman–Crippen LogP) is 1.24. The number of hydrogen-bond donors (Lipinski definition) is 1. The molecule has 0 spiro atoms. The van der Waals surface area contributed by atoms with Crippen LogP contribution in [0.1, 0.15) is 17.7 Å². The first-order chi connectivity index (χ1) is 10.8. The van der Waals surface area contributed by atoms with E-state index in [0.29, 0.717) is 25.8 Å². The zero-order chi connectivity index (χ0) is 14.9. The van der Waals surface area contributed by atoms with Crippen LogP contribution in [0.25, 0.3) is 0 Å². The topological polar surface area (TPSA) is 59.8 Å². The van der Waals surface area contributed by atoms with E-state index in [4.69, 9.17) is 9.47 Å². The van der Waals surface area contributed by atoms with Crippen LogP contribution in [0.4, 0.5) is 0 Å². The molecule has 2 aliphatic heterocycles. The van der Waals surface area contributed by atoms with E-state index < -0.39 is 6.10 Å². The Morgan fingerprint density at radius 1 is 1.23 bits per heavy atom. The molecule has 22 heavy (non-hydrogen) atoms. The molecule has 3 heterocycles. The molecule has 1 atom stereocenters. The summed E-state index contributed by atoms with van der Waals surface area (Å²) in [5.74, 6) is 1.48. The average molecular weight is 301 g/mol. The minimum Gasteiger partial charge on any atom is -0.486 e. The Bertz CT molecular complexity index is 638. The van der Waals surface area contributed by atoms with Crippen molar-refractivity contribution < 1.29 is 14.6 Å². The van der Waals surface area contributed by atoms with Gasteiger partial charge in [0.2, 0.25) is 0 Å². The molecule has 1 saturated heterocycles. The van der Waals surface area contributed by atoms with Crippen molar-refractivity contribution in [2.45, 2.75) is 12.1 Å². The van der Waals surface area contributed by atoms with E-state index in [9.17, 15) is 5.11 Å². The van der Waals surface area contributed by atoms with Crippen LogP contribution in [0, 0.1) is 0 Å². The summed E-state index contributed by atoms with van der Waals surface area (Å²) in [5.41, 5.74) is 0.867. The highest BCUT2D eigenvalue weighted by Crippen LogP contribution is 2.33. The molecule has 0 bridgehead atoms. The molecule has 0 unspecified atom stereocenters. The third-order valence-corrected chi connectivity index (χ3v) is 4.22. The van der Waals surface area contributed by atoms with Gasteiger partial charge in [0.25, 0.3) is 0 Å². The fraction of sp³-hybridized carbons (Fsp3) is 0.438. The minimum atomic E-state index is -0.519. The second-order valence-corrected chi connectivity index (χ2v) is 5.78. The molecule has 116 valence electrons. The molecule has 1 N–H and O–H groups in total. The number of aliphatic hydroxyl groups is 1. The monoisotopic (exact) mass is 301 g/mol. The minimum absolute atomic E-state index is 0.419. The molecular formula is C16H19N3O3. The molecule has 1 fully saturated rings.